The highest BCUT2D eigenvalue weighted by Gasteiger charge is 2.32. The highest BCUT2D eigenvalue weighted by molar-refractivity contribution is 6.79. The first kappa shape index (κ1) is 16.7. The zero-order chi connectivity index (χ0) is 16.4. The van der Waals surface area contributed by atoms with Gasteiger partial charge in [0.05, 0.1) is 5.56 Å². The van der Waals surface area contributed by atoms with Gasteiger partial charge in [0, 0.05) is 14.2 Å². The molecule has 2 rings (SSSR count). The molecule has 0 radical (unpaired) electrons. The maximum Gasteiger partial charge on any atom is 0.416 e. The van der Waals surface area contributed by atoms with Gasteiger partial charge in [0.25, 0.3) is 0 Å². The molecule has 0 unspecified atom stereocenters. The first-order chi connectivity index (χ1) is 10.3. The summed E-state index contributed by atoms with van der Waals surface area (Å²) in [5.74, 6) is 0. The Morgan fingerprint density at radius 1 is 0.773 bits per heavy atom. The Labute approximate surface area is 128 Å². The van der Waals surface area contributed by atoms with Crippen molar-refractivity contribution in [1.29, 1.82) is 0 Å². The van der Waals surface area contributed by atoms with E-state index in [1.807, 2.05) is 30.8 Å². The molecule has 0 N–H and O–H groups in total. The summed E-state index contributed by atoms with van der Waals surface area (Å²) < 4.78 is 48.6. The van der Waals surface area contributed by atoms with Gasteiger partial charge in [-0.3, -0.25) is 0 Å². The van der Waals surface area contributed by atoms with Gasteiger partial charge in [-0.15, -0.1) is 0 Å². The average molecular weight is 326 g/mol. The Balaban J connectivity index is 2.28. The smallest absolute Gasteiger partial charge is 0.394 e. The summed E-state index contributed by atoms with van der Waals surface area (Å²) in [7, 11) is 0.841. The second kappa shape index (κ2) is 6.24. The number of alkyl halides is 3. The van der Waals surface area contributed by atoms with Crippen molar-refractivity contribution in [2.45, 2.75) is 12.7 Å². The lowest BCUT2D eigenvalue weighted by Gasteiger charge is -2.23. The molecule has 22 heavy (non-hydrogen) atoms. The fraction of sp³-hybridized carbons (Fsp3) is 0.250. The van der Waals surface area contributed by atoms with E-state index in [0.29, 0.717) is 0 Å². The summed E-state index contributed by atoms with van der Waals surface area (Å²) in [6, 6.07) is 12.6. The van der Waals surface area contributed by atoms with Crippen molar-refractivity contribution in [1.82, 2.24) is 0 Å². The predicted molar refractivity (Wildman–Crippen MR) is 82.2 cm³/mol. The molecule has 0 fully saturated rings. The summed E-state index contributed by atoms with van der Waals surface area (Å²) in [5, 5.41) is 0.966. The van der Waals surface area contributed by atoms with E-state index in [1.165, 1.54) is 12.1 Å². The van der Waals surface area contributed by atoms with Gasteiger partial charge in [-0.2, -0.15) is 13.2 Å². The molecule has 0 amide bonds. The number of benzene rings is 2. The third-order valence-corrected chi connectivity index (χ3v) is 6.67. The molecule has 0 atom stereocenters. The van der Waals surface area contributed by atoms with E-state index in [4.69, 9.17) is 8.85 Å². The molecule has 118 valence electrons. The number of hydrogen-bond donors (Lipinski definition) is 0. The minimum atomic E-state index is -4.31. The Kier molecular flexibility index (Phi) is 4.74. The maximum atomic E-state index is 12.6. The highest BCUT2D eigenvalue weighted by Crippen LogP contribution is 2.30. The van der Waals surface area contributed by atoms with Gasteiger partial charge in [-0.1, -0.05) is 36.4 Å². The van der Waals surface area contributed by atoms with Gasteiger partial charge < -0.3 is 8.85 Å². The van der Waals surface area contributed by atoms with Crippen molar-refractivity contribution in [2.75, 3.05) is 14.2 Å². The van der Waals surface area contributed by atoms with Crippen molar-refractivity contribution < 1.29 is 22.0 Å². The number of hydrogen-bond acceptors (Lipinski definition) is 2. The van der Waals surface area contributed by atoms with Crippen molar-refractivity contribution in [3.8, 4) is 11.1 Å². The molecule has 2 nitrogen and oxygen atoms in total. The molecule has 0 aliphatic carbocycles. The average Bonchev–Trinajstić information content (AvgIpc) is 2.53. The van der Waals surface area contributed by atoms with Gasteiger partial charge >= 0.3 is 14.7 Å². The molecule has 0 saturated carbocycles. The van der Waals surface area contributed by atoms with Crippen LogP contribution in [0.5, 0.6) is 0 Å². The molecule has 0 aliphatic rings. The van der Waals surface area contributed by atoms with Crippen LogP contribution in [0.15, 0.2) is 48.5 Å². The topological polar surface area (TPSA) is 18.5 Å². The van der Waals surface area contributed by atoms with E-state index in [1.54, 1.807) is 14.2 Å². The molecular weight excluding hydrogens is 309 g/mol. The van der Waals surface area contributed by atoms with Crippen LogP contribution in [0.4, 0.5) is 13.2 Å². The second-order valence-electron chi connectivity index (χ2n) is 5.01. The van der Waals surface area contributed by atoms with Crippen molar-refractivity contribution in [3.05, 3.63) is 54.1 Å². The molecular formula is C16H17F3O2Si. The molecule has 6 heteroatoms. The van der Waals surface area contributed by atoms with Crippen LogP contribution in [0.1, 0.15) is 5.56 Å². The molecule has 0 spiro atoms. The van der Waals surface area contributed by atoms with E-state index in [-0.39, 0.29) is 0 Å². The van der Waals surface area contributed by atoms with E-state index in [0.717, 1.165) is 28.4 Å². The zero-order valence-corrected chi connectivity index (χ0v) is 13.6. The van der Waals surface area contributed by atoms with Crippen LogP contribution in [0.3, 0.4) is 0 Å². The summed E-state index contributed by atoms with van der Waals surface area (Å²) in [5.41, 5.74) is 0.936. The van der Waals surface area contributed by atoms with Gasteiger partial charge in [0.2, 0.25) is 0 Å². The third-order valence-electron chi connectivity index (χ3n) is 3.73. The molecule has 0 bridgehead atoms. The van der Waals surface area contributed by atoms with Gasteiger partial charge in [-0.05, 0) is 35.0 Å². The Bertz CT molecular complexity index is 617. The minimum absolute atomic E-state index is 0.647. The lowest BCUT2D eigenvalue weighted by Crippen LogP contribution is -2.49. The maximum absolute atomic E-state index is 12.6. The lowest BCUT2D eigenvalue weighted by atomic mass is 10.0. The first-order valence-corrected chi connectivity index (χ1v) is 9.00. The quantitative estimate of drug-likeness (QED) is 0.792. The Hall–Kier alpha value is -1.63. The van der Waals surface area contributed by atoms with Crippen LogP contribution in [-0.2, 0) is 15.0 Å². The number of rotatable bonds is 4. The monoisotopic (exact) mass is 326 g/mol. The second-order valence-corrected chi connectivity index (χ2v) is 8.29. The molecule has 0 aliphatic heterocycles. The molecule has 2 aromatic rings. The summed E-state index contributed by atoms with van der Waals surface area (Å²) in [6.07, 6.45) is -4.31. The van der Waals surface area contributed by atoms with Gasteiger partial charge in [0.15, 0.2) is 0 Å². The van der Waals surface area contributed by atoms with Gasteiger partial charge in [-0.25, -0.2) is 0 Å². The molecule has 0 aromatic heterocycles. The lowest BCUT2D eigenvalue weighted by molar-refractivity contribution is -0.137. The largest absolute Gasteiger partial charge is 0.416 e. The molecule has 0 saturated heterocycles. The van der Waals surface area contributed by atoms with Gasteiger partial charge in [0.1, 0.15) is 0 Å². The van der Waals surface area contributed by atoms with E-state index in [2.05, 4.69) is 0 Å². The zero-order valence-electron chi connectivity index (χ0n) is 12.6. The van der Waals surface area contributed by atoms with Crippen molar-refractivity contribution >= 4 is 13.7 Å². The van der Waals surface area contributed by atoms with Crippen LogP contribution in [0, 0.1) is 0 Å². The fourth-order valence-corrected chi connectivity index (χ4v) is 3.55. The van der Waals surface area contributed by atoms with E-state index < -0.39 is 20.3 Å². The van der Waals surface area contributed by atoms with Crippen LogP contribution >= 0.6 is 0 Å². The standard InChI is InChI=1S/C16H17F3O2Si/c1-20-22(3,21-2)15-10-6-13(7-11-15)12-4-8-14(9-5-12)16(17,18)19/h4-11H,1-3H3. The molecule has 0 heterocycles. The van der Waals surface area contributed by atoms with Crippen LogP contribution in [-0.4, -0.2) is 22.8 Å². The highest BCUT2D eigenvalue weighted by atomic mass is 28.4. The van der Waals surface area contributed by atoms with Crippen LogP contribution < -0.4 is 5.19 Å². The Morgan fingerprint density at radius 3 is 1.55 bits per heavy atom. The van der Waals surface area contributed by atoms with E-state index >= 15 is 0 Å². The summed E-state index contributed by atoms with van der Waals surface area (Å²) in [4.78, 5) is 0. The third kappa shape index (κ3) is 3.40. The Morgan fingerprint density at radius 2 is 1.18 bits per heavy atom. The fourth-order valence-electron chi connectivity index (χ4n) is 2.14. The van der Waals surface area contributed by atoms with Crippen LogP contribution in [0.2, 0.25) is 6.55 Å². The predicted octanol–water partition coefficient (Wildman–Crippen LogP) is 3.94. The van der Waals surface area contributed by atoms with Crippen molar-refractivity contribution in [2.24, 2.45) is 0 Å². The summed E-state index contributed by atoms with van der Waals surface area (Å²) >= 11 is 0. The SMILES string of the molecule is CO[Si](C)(OC)c1ccc(-c2ccc(C(F)(F)F)cc2)cc1. The number of halogens is 3. The summed E-state index contributed by atoms with van der Waals surface area (Å²) in [6.45, 7) is 1.93. The van der Waals surface area contributed by atoms with E-state index in [9.17, 15) is 13.2 Å². The minimum Gasteiger partial charge on any atom is -0.394 e. The molecule has 2 aromatic carbocycles. The van der Waals surface area contributed by atoms with Crippen molar-refractivity contribution in [3.63, 3.8) is 0 Å². The van der Waals surface area contributed by atoms with Crippen LogP contribution in [0.25, 0.3) is 11.1 Å². The normalized spacial score (nSPS) is 12.5. The first-order valence-electron chi connectivity index (χ1n) is 6.68.